The molecule has 2 N–H and O–H groups in total. The number of ether oxygens (including phenoxy) is 1. The lowest BCUT2D eigenvalue weighted by molar-refractivity contribution is -0.908. The van der Waals surface area contributed by atoms with Gasteiger partial charge in [-0.3, -0.25) is 4.79 Å². The number of unbranched alkanes of at least 4 members (excludes halogenated alkanes) is 5. The van der Waals surface area contributed by atoms with E-state index in [0.717, 1.165) is 32.2 Å². The first kappa shape index (κ1) is 20.4. The molecule has 0 radical (unpaired) electrons. The van der Waals surface area contributed by atoms with Crippen molar-refractivity contribution in [1.29, 1.82) is 0 Å². The first-order valence-electron chi connectivity index (χ1n) is 9.79. The second kappa shape index (κ2) is 12.8. The number of esters is 1. The van der Waals surface area contributed by atoms with Gasteiger partial charge in [0.1, 0.15) is 12.6 Å². The van der Waals surface area contributed by atoms with Gasteiger partial charge in [-0.25, -0.2) is 0 Å². The number of nitrogens with one attached hydrogen (secondary N) is 1. The molecule has 0 aliphatic carbocycles. The van der Waals surface area contributed by atoms with Gasteiger partial charge in [-0.05, 0) is 46.0 Å². The highest BCUT2D eigenvalue weighted by Gasteiger charge is 2.17. The van der Waals surface area contributed by atoms with Gasteiger partial charge >= 0.3 is 5.97 Å². The second-order valence-electron chi connectivity index (χ2n) is 7.37. The smallest absolute Gasteiger partial charge is 0.306 e. The second-order valence-corrected chi connectivity index (χ2v) is 7.37. The molecule has 1 saturated heterocycles. The van der Waals surface area contributed by atoms with E-state index in [1.54, 1.807) is 4.90 Å². The average molecular weight is 329 g/mol. The van der Waals surface area contributed by atoms with Gasteiger partial charge in [0, 0.05) is 6.42 Å². The molecule has 0 aromatic carbocycles. The molecule has 0 aromatic rings. The first-order valence-corrected chi connectivity index (χ1v) is 9.79. The number of quaternary nitrogens is 1. The van der Waals surface area contributed by atoms with Crippen LogP contribution in [0.25, 0.3) is 0 Å². The van der Waals surface area contributed by atoms with Gasteiger partial charge in [0.2, 0.25) is 0 Å². The predicted octanol–water partition coefficient (Wildman–Crippen LogP) is 2.49. The van der Waals surface area contributed by atoms with E-state index in [2.05, 4.69) is 0 Å². The molecule has 1 rings (SSSR count). The van der Waals surface area contributed by atoms with E-state index in [4.69, 9.17) is 4.74 Å². The topological polar surface area (TPSA) is 51.0 Å². The minimum atomic E-state index is -0.117. The van der Waals surface area contributed by atoms with Gasteiger partial charge in [-0.1, -0.05) is 32.1 Å². The summed E-state index contributed by atoms with van der Waals surface area (Å²) in [4.78, 5) is 13.0. The van der Waals surface area contributed by atoms with Crippen LogP contribution in [0.3, 0.4) is 0 Å². The van der Waals surface area contributed by atoms with Crippen LogP contribution in [0.4, 0.5) is 0 Å². The molecule has 0 saturated carbocycles. The van der Waals surface area contributed by atoms with Crippen molar-refractivity contribution in [3.63, 3.8) is 0 Å². The van der Waals surface area contributed by atoms with E-state index in [1.807, 2.05) is 13.8 Å². The van der Waals surface area contributed by atoms with E-state index >= 15 is 0 Å². The monoisotopic (exact) mass is 328 g/mol. The number of rotatable bonds is 12. The summed E-state index contributed by atoms with van der Waals surface area (Å²) in [7, 11) is 0. The van der Waals surface area contributed by atoms with Gasteiger partial charge < -0.3 is 14.7 Å². The molecule has 23 heavy (non-hydrogen) atoms. The molecule has 1 fully saturated rings. The SMILES string of the molecule is CC(C)OC(=O)CCCCCCCC[C@H](O)C[NH+]1CCCCC1. The summed E-state index contributed by atoms with van der Waals surface area (Å²) in [6, 6.07) is 0. The van der Waals surface area contributed by atoms with Crippen LogP contribution in [-0.2, 0) is 9.53 Å². The zero-order valence-corrected chi connectivity index (χ0v) is 15.3. The Morgan fingerprint density at radius 2 is 1.61 bits per heavy atom. The number of carbonyl (C=O) groups is 1. The Morgan fingerprint density at radius 3 is 2.26 bits per heavy atom. The van der Waals surface area contributed by atoms with E-state index < -0.39 is 0 Å². The van der Waals surface area contributed by atoms with Crippen LogP contribution in [0.5, 0.6) is 0 Å². The molecular formula is C19H38NO3+. The molecule has 0 spiro atoms. The predicted molar refractivity (Wildman–Crippen MR) is 93.6 cm³/mol. The lowest BCUT2D eigenvalue weighted by atomic mass is 10.0. The van der Waals surface area contributed by atoms with Crippen LogP contribution < -0.4 is 4.90 Å². The largest absolute Gasteiger partial charge is 0.463 e. The molecule has 0 aromatic heterocycles. The summed E-state index contributed by atoms with van der Waals surface area (Å²) in [5, 5.41) is 10.1. The maximum absolute atomic E-state index is 11.4. The van der Waals surface area contributed by atoms with Crippen molar-refractivity contribution in [1.82, 2.24) is 0 Å². The van der Waals surface area contributed by atoms with Gasteiger partial charge in [0.25, 0.3) is 0 Å². The highest BCUT2D eigenvalue weighted by atomic mass is 16.5. The fourth-order valence-electron chi connectivity index (χ4n) is 3.37. The van der Waals surface area contributed by atoms with Crippen molar-refractivity contribution >= 4 is 5.97 Å². The summed E-state index contributed by atoms with van der Waals surface area (Å²) < 4.78 is 5.12. The normalized spacial score (nSPS) is 17.4. The third kappa shape index (κ3) is 11.5. The lowest BCUT2D eigenvalue weighted by Gasteiger charge is -2.25. The van der Waals surface area contributed by atoms with Gasteiger partial charge in [0.05, 0.1) is 19.2 Å². The first-order chi connectivity index (χ1) is 11.1. The van der Waals surface area contributed by atoms with Crippen molar-refractivity contribution in [2.75, 3.05) is 19.6 Å². The average Bonchev–Trinajstić information content (AvgIpc) is 2.50. The van der Waals surface area contributed by atoms with Crippen molar-refractivity contribution in [2.24, 2.45) is 0 Å². The van der Waals surface area contributed by atoms with Crippen LogP contribution in [0, 0.1) is 0 Å². The Hall–Kier alpha value is -0.610. The van der Waals surface area contributed by atoms with E-state index in [-0.39, 0.29) is 18.2 Å². The third-order valence-corrected chi connectivity index (χ3v) is 4.62. The Kier molecular flexibility index (Phi) is 11.3. The van der Waals surface area contributed by atoms with Crippen molar-refractivity contribution < 1.29 is 19.5 Å². The Balaban J connectivity index is 1.86. The molecule has 4 heteroatoms. The molecule has 1 aliphatic rings. The number of carbonyl (C=O) groups excluding carboxylic acids is 1. The fraction of sp³-hybridized carbons (Fsp3) is 0.947. The molecule has 0 unspecified atom stereocenters. The Morgan fingerprint density at radius 1 is 1.00 bits per heavy atom. The van der Waals surface area contributed by atoms with Gasteiger partial charge in [-0.15, -0.1) is 0 Å². The van der Waals surface area contributed by atoms with Crippen molar-refractivity contribution in [2.45, 2.75) is 96.7 Å². The van der Waals surface area contributed by atoms with E-state index in [9.17, 15) is 9.90 Å². The molecule has 1 heterocycles. The van der Waals surface area contributed by atoms with Crippen LogP contribution in [-0.4, -0.2) is 42.9 Å². The summed E-state index contributed by atoms with van der Waals surface area (Å²) in [5.41, 5.74) is 0. The van der Waals surface area contributed by atoms with Gasteiger partial charge in [0.15, 0.2) is 0 Å². The van der Waals surface area contributed by atoms with Crippen LogP contribution in [0.2, 0.25) is 0 Å². The summed E-state index contributed by atoms with van der Waals surface area (Å²) in [6.45, 7) is 7.21. The number of piperidine rings is 1. The fourth-order valence-corrected chi connectivity index (χ4v) is 3.37. The quantitative estimate of drug-likeness (QED) is 0.427. The zero-order valence-electron chi connectivity index (χ0n) is 15.3. The van der Waals surface area contributed by atoms with Crippen molar-refractivity contribution in [3.8, 4) is 0 Å². The van der Waals surface area contributed by atoms with Crippen LogP contribution in [0.1, 0.15) is 84.5 Å². The number of aliphatic hydroxyl groups is 1. The molecule has 1 atom stereocenters. The summed E-state index contributed by atoms with van der Waals surface area (Å²) in [6.07, 6.45) is 12.2. The lowest BCUT2D eigenvalue weighted by Crippen LogP contribution is -3.13. The highest BCUT2D eigenvalue weighted by Crippen LogP contribution is 2.10. The Labute approximate surface area is 142 Å². The standard InChI is InChI=1S/C19H37NO3/c1-17(2)23-19(22)13-9-6-4-3-5-8-12-18(21)16-20-14-10-7-11-15-20/h17-18,21H,3-16H2,1-2H3/p+1/t18-/m0/s1. The number of hydrogen-bond donors (Lipinski definition) is 2. The summed E-state index contributed by atoms with van der Waals surface area (Å²) >= 11 is 0. The van der Waals surface area contributed by atoms with Crippen LogP contribution in [0.15, 0.2) is 0 Å². The molecule has 4 nitrogen and oxygen atoms in total. The molecule has 1 aliphatic heterocycles. The molecule has 0 bridgehead atoms. The minimum Gasteiger partial charge on any atom is -0.463 e. The molecule has 0 amide bonds. The van der Waals surface area contributed by atoms with Gasteiger partial charge in [-0.2, -0.15) is 0 Å². The number of likely N-dealkylation sites (tertiary alicyclic amines) is 1. The maximum Gasteiger partial charge on any atom is 0.306 e. The Bertz CT molecular complexity index is 301. The number of hydrogen-bond acceptors (Lipinski definition) is 3. The minimum absolute atomic E-state index is 0.000649. The third-order valence-electron chi connectivity index (χ3n) is 4.62. The van der Waals surface area contributed by atoms with E-state index in [0.29, 0.717) is 6.42 Å². The van der Waals surface area contributed by atoms with Crippen molar-refractivity contribution in [3.05, 3.63) is 0 Å². The summed E-state index contributed by atoms with van der Waals surface area (Å²) in [5.74, 6) is -0.0664. The zero-order chi connectivity index (χ0) is 16.9. The highest BCUT2D eigenvalue weighted by molar-refractivity contribution is 5.69. The molecule has 136 valence electrons. The maximum atomic E-state index is 11.4. The molecular weight excluding hydrogens is 290 g/mol. The van der Waals surface area contributed by atoms with Crippen LogP contribution >= 0.6 is 0 Å². The number of aliphatic hydroxyl groups excluding tert-OH is 1. The van der Waals surface area contributed by atoms with E-state index in [1.165, 1.54) is 51.6 Å².